The molecule has 1 fully saturated rings. The van der Waals surface area contributed by atoms with Crippen molar-refractivity contribution in [3.05, 3.63) is 29.8 Å². The molecule has 0 radical (unpaired) electrons. The predicted octanol–water partition coefficient (Wildman–Crippen LogP) is 2.61. The van der Waals surface area contributed by atoms with E-state index in [0.29, 0.717) is 6.04 Å². The van der Waals surface area contributed by atoms with Crippen molar-refractivity contribution in [2.75, 3.05) is 13.2 Å². The number of hydrogen-bond donors (Lipinski definition) is 1. The molecular weight excluding hydrogens is 231 g/mol. The normalized spacial score (nSPS) is 28.3. The predicted molar refractivity (Wildman–Crippen MR) is 68.8 cm³/mol. The Morgan fingerprint density at radius 1 is 1.56 bits per heavy atom. The molecule has 0 saturated carbocycles. The summed E-state index contributed by atoms with van der Waals surface area (Å²) in [6.07, 6.45) is 4.29. The molecule has 0 spiro atoms. The maximum absolute atomic E-state index is 12.9. The summed E-state index contributed by atoms with van der Waals surface area (Å²) in [5.74, 6) is -0.307. The van der Waals surface area contributed by atoms with E-state index in [1.165, 1.54) is 12.3 Å². The third kappa shape index (κ3) is 3.06. The molecule has 0 aliphatic carbocycles. The van der Waals surface area contributed by atoms with Crippen LogP contribution >= 0.6 is 0 Å². The van der Waals surface area contributed by atoms with Gasteiger partial charge in [-0.1, -0.05) is 6.92 Å². The van der Waals surface area contributed by atoms with Crippen LogP contribution in [0.4, 0.5) is 4.39 Å². The van der Waals surface area contributed by atoms with E-state index < -0.39 is 5.60 Å². The van der Waals surface area contributed by atoms with Crippen molar-refractivity contribution in [3.63, 3.8) is 0 Å². The number of nitrogens with zero attached hydrogens (tertiary/aromatic N) is 1. The minimum absolute atomic E-state index is 0.307. The summed E-state index contributed by atoms with van der Waals surface area (Å²) in [5, 5.41) is 3.53. The lowest BCUT2D eigenvalue weighted by atomic mass is 9.88. The monoisotopic (exact) mass is 252 g/mol. The highest BCUT2D eigenvalue weighted by Crippen LogP contribution is 2.33. The van der Waals surface area contributed by atoms with Crippen LogP contribution in [0.1, 0.15) is 38.8 Å². The Labute approximate surface area is 108 Å². The first kappa shape index (κ1) is 13.4. The van der Waals surface area contributed by atoms with Gasteiger partial charge in [-0.25, -0.2) is 4.39 Å². The van der Waals surface area contributed by atoms with Crippen LogP contribution in [0, 0.1) is 5.82 Å². The van der Waals surface area contributed by atoms with Gasteiger partial charge in [-0.05, 0) is 44.9 Å². The number of pyridine rings is 1. The lowest BCUT2D eigenvalue weighted by molar-refractivity contribution is -0.0839. The van der Waals surface area contributed by atoms with Crippen molar-refractivity contribution < 1.29 is 9.13 Å². The first-order valence-electron chi connectivity index (χ1n) is 6.63. The molecule has 4 heteroatoms. The van der Waals surface area contributed by atoms with Gasteiger partial charge in [0.1, 0.15) is 11.4 Å². The van der Waals surface area contributed by atoms with Crippen molar-refractivity contribution in [1.82, 2.24) is 10.3 Å². The third-order valence-corrected chi connectivity index (χ3v) is 3.48. The molecule has 1 aromatic rings. The molecule has 2 heterocycles. The van der Waals surface area contributed by atoms with Gasteiger partial charge in [0.2, 0.25) is 0 Å². The van der Waals surface area contributed by atoms with Gasteiger partial charge in [0.25, 0.3) is 0 Å². The first-order chi connectivity index (χ1) is 8.64. The van der Waals surface area contributed by atoms with Crippen molar-refractivity contribution in [1.29, 1.82) is 0 Å². The Kier molecular flexibility index (Phi) is 4.30. The van der Waals surface area contributed by atoms with Gasteiger partial charge in [0.15, 0.2) is 0 Å². The second kappa shape index (κ2) is 5.76. The summed E-state index contributed by atoms with van der Waals surface area (Å²) in [5.41, 5.74) is 0.407. The average Bonchev–Trinajstić information content (AvgIpc) is 2.37. The summed E-state index contributed by atoms with van der Waals surface area (Å²) in [4.78, 5) is 4.16. The number of nitrogens with one attached hydrogen (secondary N) is 1. The molecule has 2 atom stereocenters. The molecule has 100 valence electrons. The molecule has 1 aliphatic rings. The van der Waals surface area contributed by atoms with E-state index in [1.807, 2.05) is 6.92 Å². The summed E-state index contributed by atoms with van der Waals surface area (Å²) in [6, 6.07) is 3.62. The summed E-state index contributed by atoms with van der Waals surface area (Å²) in [6.45, 7) is 5.94. The molecule has 18 heavy (non-hydrogen) atoms. The Morgan fingerprint density at radius 2 is 2.39 bits per heavy atom. The van der Waals surface area contributed by atoms with Gasteiger partial charge in [0.05, 0.1) is 11.9 Å². The van der Waals surface area contributed by atoms with Crippen LogP contribution in [0.2, 0.25) is 0 Å². The van der Waals surface area contributed by atoms with Crippen molar-refractivity contribution >= 4 is 0 Å². The second-order valence-corrected chi connectivity index (χ2v) is 5.08. The molecule has 3 nitrogen and oxygen atoms in total. The van der Waals surface area contributed by atoms with E-state index in [9.17, 15) is 4.39 Å². The lowest BCUT2D eigenvalue weighted by Gasteiger charge is -2.38. The standard InChI is InChI=1S/C14H21FN2O/c1-3-7-16-12-6-8-18-14(2,9-12)13-5-4-11(15)10-17-13/h4-5,10,12,16H,3,6-9H2,1-2H3. The topological polar surface area (TPSA) is 34.1 Å². The SMILES string of the molecule is CCCNC1CCOC(C)(c2ccc(F)cn2)C1. The highest BCUT2D eigenvalue weighted by molar-refractivity contribution is 5.14. The van der Waals surface area contributed by atoms with Crippen molar-refractivity contribution in [3.8, 4) is 0 Å². The maximum Gasteiger partial charge on any atom is 0.141 e. The third-order valence-electron chi connectivity index (χ3n) is 3.48. The van der Waals surface area contributed by atoms with E-state index in [0.717, 1.165) is 38.1 Å². The molecule has 1 aliphatic heterocycles. The van der Waals surface area contributed by atoms with Gasteiger partial charge in [-0.15, -0.1) is 0 Å². The van der Waals surface area contributed by atoms with Crippen LogP contribution in [0.15, 0.2) is 18.3 Å². The molecule has 1 aromatic heterocycles. The van der Waals surface area contributed by atoms with E-state index >= 15 is 0 Å². The molecule has 1 saturated heterocycles. The maximum atomic E-state index is 12.9. The Balaban J connectivity index is 2.07. The number of ether oxygens (including phenoxy) is 1. The van der Waals surface area contributed by atoms with Crippen molar-refractivity contribution in [2.24, 2.45) is 0 Å². The fraction of sp³-hybridized carbons (Fsp3) is 0.643. The molecular formula is C14H21FN2O. The zero-order valence-corrected chi connectivity index (χ0v) is 11.1. The number of aromatic nitrogens is 1. The fourth-order valence-corrected chi connectivity index (χ4v) is 2.45. The lowest BCUT2D eigenvalue weighted by Crippen LogP contribution is -2.44. The van der Waals surface area contributed by atoms with Crippen molar-refractivity contribution in [2.45, 2.75) is 44.8 Å². The number of rotatable bonds is 4. The zero-order valence-electron chi connectivity index (χ0n) is 11.1. The van der Waals surface area contributed by atoms with E-state index in [1.54, 1.807) is 6.07 Å². The van der Waals surface area contributed by atoms with Crippen LogP contribution < -0.4 is 5.32 Å². The van der Waals surface area contributed by atoms with Crippen LogP contribution in [0.3, 0.4) is 0 Å². The van der Waals surface area contributed by atoms with Gasteiger partial charge < -0.3 is 10.1 Å². The highest BCUT2D eigenvalue weighted by Gasteiger charge is 2.35. The second-order valence-electron chi connectivity index (χ2n) is 5.08. The van der Waals surface area contributed by atoms with E-state index in [2.05, 4.69) is 17.2 Å². The largest absolute Gasteiger partial charge is 0.369 e. The Bertz CT molecular complexity index is 382. The summed E-state index contributed by atoms with van der Waals surface area (Å²) >= 11 is 0. The molecule has 2 unspecified atom stereocenters. The quantitative estimate of drug-likeness (QED) is 0.894. The van der Waals surface area contributed by atoms with Crippen LogP contribution in [-0.4, -0.2) is 24.2 Å². The minimum Gasteiger partial charge on any atom is -0.369 e. The first-order valence-corrected chi connectivity index (χ1v) is 6.63. The van der Waals surface area contributed by atoms with E-state index in [-0.39, 0.29) is 5.82 Å². The number of halogens is 1. The molecule has 0 amide bonds. The van der Waals surface area contributed by atoms with Gasteiger partial charge in [-0.2, -0.15) is 0 Å². The van der Waals surface area contributed by atoms with Gasteiger partial charge in [0, 0.05) is 12.6 Å². The van der Waals surface area contributed by atoms with Crippen LogP contribution in [0.25, 0.3) is 0 Å². The average molecular weight is 252 g/mol. The molecule has 0 aromatic carbocycles. The van der Waals surface area contributed by atoms with Gasteiger partial charge in [-0.3, -0.25) is 4.98 Å². The number of hydrogen-bond acceptors (Lipinski definition) is 3. The fourth-order valence-electron chi connectivity index (χ4n) is 2.45. The zero-order chi connectivity index (χ0) is 13.0. The van der Waals surface area contributed by atoms with Crippen LogP contribution in [-0.2, 0) is 10.3 Å². The Hall–Kier alpha value is -1.00. The molecule has 2 rings (SSSR count). The van der Waals surface area contributed by atoms with Crippen LogP contribution in [0.5, 0.6) is 0 Å². The van der Waals surface area contributed by atoms with E-state index in [4.69, 9.17) is 4.74 Å². The smallest absolute Gasteiger partial charge is 0.141 e. The highest BCUT2D eigenvalue weighted by atomic mass is 19.1. The minimum atomic E-state index is -0.405. The molecule has 0 bridgehead atoms. The summed E-state index contributed by atoms with van der Waals surface area (Å²) in [7, 11) is 0. The molecule has 1 N–H and O–H groups in total. The Morgan fingerprint density at radius 3 is 3.06 bits per heavy atom. The van der Waals surface area contributed by atoms with Gasteiger partial charge >= 0.3 is 0 Å². The summed E-state index contributed by atoms with van der Waals surface area (Å²) < 4.78 is 18.8.